The standard InChI is InChI=1S/C8H13BrN2O4/c1-4(9)3-10-8(15)11-6(5(2)12)7(13)14/h5-6,12H,1,3H2,2H3,(H,13,14)(H2,10,11,15). The van der Waals surface area contributed by atoms with Crippen LogP contribution in [0.5, 0.6) is 0 Å². The molecule has 6 nitrogen and oxygen atoms in total. The molecule has 0 aliphatic rings. The van der Waals surface area contributed by atoms with Crippen LogP contribution in [0.1, 0.15) is 6.92 Å². The molecule has 2 atom stereocenters. The Morgan fingerprint density at radius 2 is 2.07 bits per heavy atom. The number of aliphatic carboxylic acids is 1. The number of carboxylic acids is 1. The molecule has 0 aliphatic carbocycles. The van der Waals surface area contributed by atoms with E-state index < -0.39 is 24.1 Å². The van der Waals surface area contributed by atoms with Gasteiger partial charge in [-0.1, -0.05) is 22.5 Å². The molecule has 0 aromatic rings. The molecule has 4 N–H and O–H groups in total. The Morgan fingerprint density at radius 3 is 2.40 bits per heavy atom. The first-order valence-corrected chi connectivity index (χ1v) is 4.92. The maximum absolute atomic E-state index is 11.1. The monoisotopic (exact) mass is 280 g/mol. The average Bonchev–Trinajstić information content (AvgIpc) is 2.09. The average molecular weight is 281 g/mol. The van der Waals surface area contributed by atoms with Gasteiger partial charge in [-0.15, -0.1) is 0 Å². The van der Waals surface area contributed by atoms with Crippen molar-refractivity contribution in [2.45, 2.75) is 19.1 Å². The van der Waals surface area contributed by atoms with E-state index in [1.54, 1.807) is 0 Å². The number of hydrogen-bond donors (Lipinski definition) is 4. The number of aliphatic hydroxyl groups is 1. The first kappa shape index (κ1) is 13.9. The van der Waals surface area contributed by atoms with Crippen LogP contribution < -0.4 is 10.6 Å². The van der Waals surface area contributed by atoms with Crippen molar-refractivity contribution in [3.8, 4) is 0 Å². The highest BCUT2D eigenvalue weighted by molar-refractivity contribution is 9.11. The summed E-state index contributed by atoms with van der Waals surface area (Å²) in [6, 6.07) is -2.00. The number of nitrogens with one attached hydrogen (secondary N) is 2. The van der Waals surface area contributed by atoms with Crippen molar-refractivity contribution in [1.82, 2.24) is 10.6 Å². The fourth-order valence-corrected chi connectivity index (χ4v) is 0.897. The summed E-state index contributed by atoms with van der Waals surface area (Å²) in [5, 5.41) is 22.2. The van der Waals surface area contributed by atoms with Crippen molar-refractivity contribution in [3.05, 3.63) is 11.1 Å². The normalized spacial score (nSPS) is 13.8. The van der Waals surface area contributed by atoms with Crippen molar-refractivity contribution in [2.24, 2.45) is 0 Å². The molecule has 0 saturated heterocycles. The lowest BCUT2D eigenvalue weighted by Gasteiger charge is -2.17. The number of carbonyl (C=O) groups excluding carboxylic acids is 1. The van der Waals surface area contributed by atoms with E-state index in [2.05, 4.69) is 33.1 Å². The fraction of sp³-hybridized carbons (Fsp3) is 0.500. The minimum Gasteiger partial charge on any atom is -0.480 e. The molecule has 0 heterocycles. The second-order valence-corrected chi connectivity index (χ2v) is 4.02. The van der Waals surface area contributed by atoms with E-state index in [4.69, 9.17) is 10.2 Å². The molecule has 0 spiro atoms. The minimum absolute atomic E-state index is 0.179. The number of halogens is 1. The van der Waals surface area contributed by atoms with Crippen LogP contribution in [0.15, 0.2) is 11.1 Å². The zero-order chi connectivity index (χ0) is 12.0. The second-order valence-electron chi connectivity index (χ2n) is 2.90. The largest absolute Gasteiger partial charge is 0.480 e. The summed E-state index contributed by atoms with van der Waals surface area (Å²) in [6.07, 6.45) is -1.17. The maximum Gasteiger partial charge on any atom is 0.328 e. The molecule has 0 aromatic heterocycles. The van der Waals surface area contributed by atoms with E-state index >= 15 is 0 Å². The SMILES string of the molecule is C=C(Br)CNC(=O)NC(C(=O)O)C(C)O. The number of rotatable bonds is 5. The molecule has 0 aromatic carbocycles. The summed E-state index contributed by atoms with van der Waals surface area (Å²) in [7, 11) is 0. The van der Waals surface area contributed by atoms with Gasteiger partial charge in [0, 0.05) is 4.48 Å². The molecule has 86 valence electrons. The molecule has 0 aliphatic heterocycles. The number of hydrogen-bond acceptors (Lipinski definition) is 3. The molecule has 15 heavy (non-hydrogen) atoms. The van der Waals surface area contributed by atoms with E-state index in [1.807, 2.05) is 0 Å². The third-order valence-electron chi connectivity index (χ3n) is 1.48. The van der Waals surface area contributed by atoms with Gasteiger partial charge < -0.3 is 20.8 Å². The predicted octanol–water partition coefficient (Wildman–Crippen LogP) is 0.0282. The molecule has 0 rings (SSSR count). The van der Waals surface area contributed by atoms with E-state index in [-0.39, 0.29) is 6.54 Å². The molecule has 2 unspecified atom stereocenters. The lowest BCUT2D eigenvalue weighted by atomic mass is 10.2. The minimum atomic E-state index is -1.33. The van der Waals surface area contributed by atoms with Crippen LogP contribution >= 0.6 is 15.9 Å². The van der Waals surface area contributed by atoms with Crippen LogP contribution in [-0.2, 0) is 4.79 Å². The number of urea groups is 1. The first-order valence-electron chi connectivity index (χ1n) is 4.13. The summed E-state index contributed by atoms with van der Waals surface area (Å²) in [4.78, 5) is 21.7. The smallest absolute Gasteiger partial charge is 0.328 e. The van der Waals surface area contributed by atoms with E-state index in [1.165, 1.54) is 6.92 Å². The van der Waals surface area contributed by atoms with Gasteiger partial charge in [0.25, 0.3) is 0 Å². The first-order chi connectivity index (χ1) is 6.84. The zero-order valence-electron chi connectivity index (χ0n) is 8.16. The summed E-state index contributed by atoms with van der Waals surface area (Å²) < 4.78 is 0.557. The Hall–Kier alpha value is -1.08. The predicted molar refractivity (Wildman–Crippen MR) is 57.7 cm³/mol. The number of aliphatic hydroxyl groups excluding tert-OH is 1. The molecule has 0 saturated carbocycles. The Kier molecular flexibility index (Phi) is 5.95. The lowest BCUT2D eigenvalue weighted by Crippen LogP contribution is -2.51. The molecule has 0 fully saturated rings. The summed E-state index contributed by atoms with van der Waals surface area (Å²) in [5.74, 6) is -1.29. The van der Waals surface area contributed by atoms with Gasteiger partial charge in [0.2, 0.25) is 0 Å². The van der Waals surface area contributed by atoms with E-state index in [0.717, 1.165) is 0 Å². The topological polar surface area (TPSA) is 98.7 Å². The Balaban J connectivity index is 4.12. The molecular formula is C8H13BrN2O4. The van der Waals surface area contributed by atoms with E-state index in [0.29, 0.717) is 4.48 Å². The van der Waals surface area contributed by atoms with Crippen LogP contribution in [0.2, 0.25) is 0 Å². The van der Waals surface area contributed by atoms with Crippen molar-refractivity contribution in [2.75, 3.05) is 6.54 Å². The Morgan fingerprint density at radius 1 is 1.53 bits per heavy atom. The summed E-state index contributed by atoms with van der Waals surface area (Å²) in [5.41, 5.74) is 0. The van der Waals surface area contributed by atoms with Gasteiger partial charge >= 0.3 is 12.0 Å². The third-order valence-corrected chi connectivity index (χ3v) is 1.76. The lowest BCUT2D eigenvalue weighted by molar-refractivity contribution is -0.141. The summed E-state index contributed by atoms with van der Waals surface area (Å²) >= 11 is 3.02. The van der Waals surface area contributed by atoms with Gasteiger partial charge in [-0.3, -0.25) is 0 Å². The van der Waals surface area contributed by atoms with Crippen LogP contribution in [0.4, 0.5) is 4.79 Å². The molecule has 0 radical (unpaired) electrons. The maximum atomic E-state index is 11.1. The summed E-state index contributed by atoms with van der Waals surface area (Å²) in [6.45, 7) is 4.94. The molecule has 2 amide bonds. The van der Waals surface area contributed by atoms with Gasteiger partial charge in [0.15, 0.2) is 6.04 Å². The fourth-order valence-electron chi connectivity index (χ4n) is 0.757. The van der Waals surface area contributed by atoms with Crippen molar-refractivity contribution < 1.29 is 19.8 Å². The highest BCUT2D eigenvalue weighted by Gasteiger charge is 2.24. The number of carbonyl (C=O) groups is 2. The van der Waals surface area contributed by atoms with Crippen LogP contribution in [0.3, 0.4) is 0 Å². The van der Waals surface area contributed by atoms with E-state index in [9.17, 15) is 9.59 Å². The third kappa shape index (κ3) is 6.08. The van der Waals surface area contributed by atoms with Crippen LogP contribution in [-0.4, -0.2) is 40.9 Å². The van der Waals surface area contributed by atoms with Gasteiger partial charge in [-0.2, -0.15) is 0 Å². The molecular weight excluding hydrogens is 268 g/mol. The molecule has 7 heteroatoms. The highest BCUT2D eigenvalue weighted by Crippen LogP contribution is 1.97. The Labute approximate surface area is 95.5 Å². The van der Waals surface area contributed by atoms with Crippen molar-refractivity contribution in [1.29, 1.82) is 0 Å². The zero-order valence-corrected chi connectivity index (χ0v) is 9.74. The van der Waals surface area contributed by atoms with Gasteiger partial charge in [-0.25, -0.2) is 9.59 Å². The number of carboxylic acid groups (broad SMARTS) is 1. The van der Waals surface area contributed by atoms with Gasteiger partial charge in [0.1, 0.15) is 0 Å². The van der Waals surface area contributed by atoms with Crippen LogP contribution in [0, 0.1) is 0 Å². The van der Waals surface area contributed by atoms with Gasteiger partial charge in [0.05, 0.1) is 12.6 Å². The van der Waals surface area contributed by atoms with Gasteiger partial charge in [-0.05, 0) is 6.92 Å². The van der Waals surface area contributed by atoms with Crippen LogP contribution in [0.25, 0.3) is 0 Å². The molecule has 0 bridgehead atoms. The number of amides is 2. The quantitative estimate of drug-likeness (QED) is 0.571. The van der Waals surface area contributed by atoms with Crippen molar-refractivity contribution in [3.63, 3.8) is 0 Å². The Bertz CT molecular complexity index is 267. The second kappa shape index (κ2) is 6.41. The highest BCUT2D eigenvalue weighted by atomic mass is 79.9. The van der Waals surface area contributed by atoms with Crippen molar-refractivity contribution >= 4 is 27.9 Å².